The molecule has 0 fully saturated rings. The fourth-order valence-corrected chi connectivity index (χ4v) is 0.406. The van der Waals surface area contributed by atoms with E-state index >= 15 is 0 Å². The van der Waals surface area contributed by atoms with Crippen molar-refractivity contribution in [3.63, 3.8) is 0 Å². The summed E-state index contributed by atoms with van der Waals surface area (Å²) in [4.78, 5) is 0. The third kappa shape index (κ3) is 2.95. The monoisotopic (exact) mass is 144 g/mol. The predicted octanol–water partition coefficient (Wildman–Crippen LogP) is 1.14. The Labute approximate surface area is 53.0 Å². The van der Waals surface area contributed by atoms with Crippen LogP contribution < -0.4 is 0 Å². The predicted molar refractivity (Wildman–Crippen MR) is 22.5 cm³/mol. The maximum absolute atomic E-state index is 12.2. The summed E-state index contributed by atoms with van der Waals surface area (Å²) >= 11 is -0.963. The van der Waals surface area contributed by atoms with E-state index in [4.69, 9.17) is 0.879 Å². The molecule has 0 aliphatic carbocycles. The standard InChI is InChI=1S/C4H9FN.V.H/c1-3-4(2)6-5;;/h4H,3H2,1-2H3;;/q-1;+2;/i;;1+2. The van der Waals surface area contributed by atoms with Gasteiger partial charge in [-0.3, -0.25) is 0 Å². The van der Waals surface area contributed by atoms with E-state index in [1.807, 2.05) is 6.92 Å². The average molecular weight is 144 g/mol. The maximum atomic E-state index is 12.2. The molecule has 0 aliphatic heterocycles. The molecule has 0 N–H and O–H groups in total. The fourth-order valence-electron chi connectivity index (χ4n) is 0.151. The van der Waals surface area contributed by atoms with Crippen molar-refractivity contribution < 1.29 is 25.2 Å². The third-order valence-corrected chi connectivity index (χ3v) is 1.57. The van der Waals surface area contributed by atoms with E-state index in [9.17, 15) is 4.48 Å². The van der Waals surface area contributed by atoms with Crippen LogP contribution in [0.25, 0.3) is 0 Å². The van der Waals surface area contributed by atoms with Crippen LogP contribution in [0, 0.1) is 0 Å². The van der Waals surface area contributed by atoms with Crippen LogP contribution in [-0.2, 0) is 17.1 Å². The summed E-state index contributed by atoms with van der Waals surface area (Å²) in [7, 11) is 0. The molecule has 0 saturated heterocycles. The van der Waals surface area contributed by atoms with Crippen molar-refractivity contribution in [1.82, 2.24) is 0 Å². The Morgan fingerprint density at radius 1 is 2.14 bits per heavy atom. The summed E-state index contributed by atoms with van der Waals surface area (Å²) in [5.74, 6) is 0. The van der Waals surface area contributed by atoms with Gasteiger partial charge in [0.05, 0.1) is 0 Å². The third-order valence-electron chi connectivity index (χ3n) is 0.955. The van der Waals surface area contributed by atoms with Crippen LogP contribution in [0.1, 0.15) is 20.3 Å². The van der Waals surface area contributed by atoms with Gasteiger partial charge in [0.15, 0.2) is 0 Å². The van der Waals surface area contributed by atoms with Gasteiger partial charge in [-0.1, -0.05) is 0 Å². The van der Waals surface area contributed by atoms with Crippen LogP contribution in [0.4, 0.5) is 4.48 Å². The van der Waals surface area contributed by atoms with Crippen molar-refractivity contribution in [2.75, 3.05) is 0 Å². The van der Waals surface area contributed by atoms with E-state index in [-0.39, 0.29) is 6.04 Å². The van der Waals surface area contributed by atoms with Gasteiger partial charge in [-0.2, -0.15) is 0 Å². The molecule has 0 aliphatic rings. The van der Waals surface area contributed by atoms with Crippen LogP contribution in [-0.4, -0.2) is 10.5 Å². The number of rotatable bonds is 2. The molecule has 1 atom stereocenters. The Kier molecular flexibility index (Phi) is 2.60. The molecule has 1 unspecified atom stereocenters. The first-order valence-corrected chi connectivity index (χ1v) is 2.94. The molecule has 0 saturated carbocycles. The molecule has 3 heteroatoms. The van der Waals surface area contributed by atoms with Crippen molar-refractivity contribution in [3.05, 3.63) is 0 Å². The Morgan fingerprint density at radius 2 is 2.71 bits per heavy atom. The first kappa shape index (κ1) is 5.45. The first-order chi connectivity index (χ1) is 3.72. The molecular formula is C4H10FNV+. The summed E-state index contributed by atoms with van der Waals surface area (Å²) in [5.41, 5.74) is 0. The summed E-state index contributed by atoms with van der Waals surface area (Å²) in [5, 5.41) is 0. The Morgan fingerprint density at radius 3 is 2.86 bits per heavy atom. The minimum atomic E-state index is -0.963. The van der Waals surface area contributed by atoms with E-state index < -0.39 is 17.1 Å². The second-order valence-electron chi connectivity index (χ2n) is 1.55. The summed E-state index contributed by atoms with van der Waals surface area (Å²) in [6.07, 6.45) is 0.783. The van der Waals surface area contributed by atoms with Gasteiger partial charge in [-0.05, 0) is 0 Å². The van der Waals surface area contributed by atoms with Crippen molar-refractivity contribution in [3.8, 4) is 0 Å². The second kappa shape index (κ2) is 3.33. The molecule has 0 amide bonds. The number of halogens is 1. The molecule has 0 aromatic carbocycles. The van der Waals surface area contributed by atoms with Crippen LogP contribution in [0.2, 0.25) is 0 Å². The Balaban J connectivity index is 3.63. The molecule has 0 aromatic rings. The molecule has 0 spiro atoms. The molecule has 0 aromatic heterocycles. The topological polar surface area (TPSA) is 3.01 Å². The molecular weight excluding hydrogens is 132 g/mol. The van der Waals surface area contributed by atoms with Gasteiger partial charge in [0.25, 0.3) is 0 Å². The van der Waals surface area contributed by atoms with Gasteiger partial charge in [0.2, 0.25) is 0 Å². The number of hydrogen-bond acceptors (Lipinski definition) is 0. The van der Waals surface area contributed by atoms with Gasteiger partial charge in [-0.25, -0.2) is 0 Å². The van der Waals surface area contributed by atoms with Crippen molar-refractivity contribution in [1.29, 1.82) is 0.879 Å². The zero-order valence-electron chi connectivity index (χ0n) is 5.56. The molecule has 0 radical (unpaired) electrons. The van der Waals surface area contributed by atoms with E-state index in [0.717, 1.165) is 6.42 Å². The van der Waals surface area contributed by atoms with Gasteiger partial charge in [-0.15, -0.1) is 0 Å². The molecule has 7 heavy (non-hydrogen) atoms. The number of nitrogens with zero attached hydrogens (tertiary/aromatic N) is 1. The zero-order chi connectivity index (χ0) is 6.57. The summed E-state index contributed by atoms with van der Waals surface area (Å²) < 4.78 is 19.5. The van der Waals surface area contributed by atoms with E-state index in [0.29, 0.717) is 3.60 Å². The molecule has 1 nitrogen and oxygen atoms in total. The van der Waals surface area contributed by atoms with Crippen LogP contribution in [0.15, 0.2) is 0 Å². The van der Waals surface area contributed by atoms with Crippen LogP contribution in [0.3, 0.4) is 0 Å². The van der Waals surface area contributed by atoms with Gasteiger partial charge >= 0.3 is 52.4 Å². The number of hydrogen-bond donors (Lipinski definition) is 0. The Bertz CT molecular complexity index is 96.0. The van der Waals surface area contributed by atoms with E-state index in [1.165, 1.54) is 0 Å². The summed E-state index contributed by atoms with van der Waals surface area (Å²) in [6, 6.07) is -0.0625. The zero-order valence-corrected chi connectivity index (χ0v) is 5.95. The summed E-state index contributed by atoms with van der Waals surface area (Å²) in [6.45, 7) is 3.69. The quantitative estimate of drug-likeness (QED) is 0.511. The van der Waals surface area contributed by atoms with Gasteiger partial charge < -0.3 is 0 Å². The van der Waals surface area contributed by atoms with Crippen LogP contribution in [0.5, 0.6) is 0 Å². The molecule has 0 heterocycles. The molecule has 0 bridgehead atoms. The fraction of sp³-hybridized carbons (Fsp3) is 1.00. The molecule has 42 valence electrons. The van der Waals surface area contributed by atoms with E-state index in [1.54, 1.807) is 6.92 Å². The normalized spacial score (nSPS) is 18.7. The van der Waals surface area contributed by atoms with Gasteiger partial charge in [0, 0.05) is 0 Å². The first-order valence-electron chi connectivity index (χ1n) is 2.77. The SMILES string of the molecule is [3H][V]=[N+](F)C(C)CC. The second-order valence-corrected chi connectivity index (χ2v) is 2.14. The van der Waals surface area contributed by atoms with Crippen molar-refractivity contribution in [2.45, 2.75) is 26.3 Å². The van der Waals surface area contributed by atoms with Crippen molar-refractivity contribution >= 4 is 0 Å². The van der Waals surface area contributed by atoms with E-state index in [2.05, 4.69) is 0 Å². The van der Waals surface area contributed by atoms with Crippen LogP contribution >= 0.6 is 0 Å². The molecule has 0 rings (SSSR count). The minimum absolute atomic E-state index is 0.0625. The average Bonchev–Trinajstić information content (AvgIpc) is 1.84. The van der Waals surface area contributed by atoms with Crippen molar-refractivity contribution in [2.24, 2.45) is 0 Å². The Hall–Kier alpha value is 0.314. The van der Waals surface area contributed by atoms with Gasteiger partial charge in [0.1, 0.15) is 0 Å².